The van der Waals surface area contributed by atoms with Gasteiger partial charge in [0.2, 0.25) is 0 Å². The number of ketones is 1. The molecule has 0 amide bonds. The number of hydrogen-bond acceptors (Lipinski definition) is 1. The molecule has 0 spiro atoms. The van der Waals surface area contributed by atoms with Crippen molar-refractivity contribution in [3.63, 3.8) is 0 Å². The van der Waals surface area contributed by atoms with Crippen LogP contribution in [0.25, 0.3) is 0 Å². The highest BCUT2D eigenvalue weighted by Gasteiger charge is 2.06. The Kier molecular flexibility index (Phi) is 5.96. The lowest BCUT2D eigenvalue weighted by Crippen LogP contribution is -2.04. The van der Waals surface area contributed by atoms with Gasteiger partial charge in [-0.2, -0.15) is 0 Å². The molecule has 0 unspecified atom stereocenters. The Morgan fingerprint density at radius 2 is 1.88 bits per heavy atom. The molecule has 94 valence electrons. The fraction of sp³-hybridized carbons (Fsp3) is 0.562. The van der Waals surface area contributed by atoms with Crippen molar-refractivity contribution in [2.24, 2.45) is 0 Å². The van der Waals surface area contributed by atoms with Crippen molar-refractivity contribution in [1.82, 2.24) is 0 Å². The van der Waals surface area contributed by atoms with Crippen LogP contribution in [0.1, 0.15) is 55.7 Å². The summed E-state index contributed by atoms with van der Waals surface area (Å²) in [6.07, 6.45) is 6.07. The van der Waals surface area contributed by atoms with E-state index >= 15 is 0 Å². The summed E-state index contributed by atoms with van der Waals surface area (Å²) < 4.78 is 0. The molecule has 0 aliphatic rings. The van der Waals surface area contributed by atoms with Crippen molar-refractivity contribution in [1.29, 1.82) is 0 Å². The Balaban J connectivity index is 2.42. The molecule has 0 aliphatic heterocycles. The van der Waals surface area contributed by atoms with E-state index in [-0.39, 0.29) is 0 Å². The third-order valence-corrected chi connectivity index (χ3v) is 3.20. The molecular formula is C16H24O. The van der Waals surface area contributed by atoms with Gasteiger partial charge in [-0.25, -0.2) is 0 Å². The minimum Gasteiger partial charge on any atom is -0.299 e. The van der Waals surface area contributed by atoms with E-state index in [0.717, 1.165) is 12.8 Å². The summed E-state index contributed by atoms with van der Waals surface area (Å²) in [5.41, 5.74) is 3.67. The van der Waals surface area contributed by atoms with E-state index in [4.69, 9.17) is 0 Å². The molecule has 0 aliphatic carbocycles. The standard InChI is InChI=1S/C16H24O/c1-4-5-6-7-8-16(17)12-15-11-13(2)9-10-14(15)3/h9-11H,4-8,12H2,1-3H3. The predicted molar refractivity (Wildman–Crippen MR) is 73.4 cm³/mol. The molecule has 0 atom stereocenters. The molecule has 1 heteroatoms. The summed E-state index contributed by atoms with van der Waals surface area (Å²) in [5, 5.41) is 0. The molecule has 0 bridgehead atoms. The van der Waals surface area contributed by atoms with Gasteiger partial charge in [0.05, 0.1) is 0 Å². The van der Waals surface area contributed by atoms with Gasteiger partial charge in [-0.15, -0.1) is 0 Å². The second-order valence-electron chi connectivity index (χ2n) is 4.96. The highest BCUT2D eigenvalue weighted by Crippen LogP contribution is 2.13. The molecule has 0 saturated heterocycles. The second-order valence-corrected chi connectivity index (χ2v) is 4.96. The van der Waals surface area contributed by atoms with E-state index in [2.05, 4.69) is 39.0 Å². The van der Waals surface area contributed by atoms with Crippen LogP contribution in [0.5, 0.6) is 0 Å². The molecule has 17 heavy (non-hydrogen) atoms. The van der Waals surface area contributed by atoms with Gasteiger partial charge < -0.3 is 0 Å². The monoisotopic (exact) mass is 232 g/mol. The molecule has 1 aromatic carbocycles. The van der Waals surface area contributed by atoms with E-state index in [0.29, 0.717) is 12.2 Å². The van der Waals surface area contributed by atoms with Crippen LogP contribution in [-0.4, -0.2) is 5.78 Å². The van der Waals surface area contributed by atoms with Crippen molar-refractivity contribution in [3.8, 4) is 0 Å². The van der Waals surface area contributed by atoms with Crippen molar-refractivity contribution in [2.75, 3.05) is 0 Å². The number of carbonyl (C=O) groups is 1. The maximum atomic E-state index is 11.8. The van der Waals surface area contributed by atoms with Crippen molar-refractivity contribution < 1.29 is 4.79 Å². The number of Topliss-reactive ketones (excluding diaryl/α,β-unsaturated/α-hetero) is 1. The Morgan fingerprint density at radius 3 is 2.59 bits per heavy atom. The van der Waals surface area contributed by atoms with Crippen LogP contribution in [0.2, 0.25) is 0 Å². The molecular weight excluding hydrogens is 208 g/mol. The lowest BCUT2D eigenvalue weighted by atomic mass is 9.98. The van der Waals surface area contributed by atoms with E-state index < -0.39 is 0 Å². The number of unbranched alkanes of at least 4 members (excludes halogenated alkanes) is 3. The summed E-state index contributed by atoms with van der Waals surface area (Å²) in [6.45, 7) is 6.35. The van der Waals surface area contributed by atoms with Gasteiger partial charge in [0, 0.05) is 12.8 Å². The zero-order valence-electron chi connectivity index (χ0n) is 11.4. The van der Waals surface area contributed by atoms with Gasteiger partial charge in [-0.3, -0.25) is 4.79 Å². The van der Waals surface area contributed by atoms with E-state index in [1.807, 2.05) is 0 Å². The number of carbonyl (C=O) groups excluding carboxylic acids is 1. The fourth-order valence-electron chi connectivity index (χ4n) is 2.04. The first-order valence-corrected chi connectivity index (χ1v) is 6.71. The quantitative estimate of drug-likeness (QED) is 0.637. The number of rotatable bonds is 7. The minimum atomic E-state index is 0.384. The summed E-state index contributed by atoms with van der Waals surface area (Å²) in [6, 6.07) is 6.35. The number of benzene rings is 1. The molecule has 0 fully saturated rings. The van der Waals surface area contributed by atoms with E-state index in [1.54, 1.807) is 0 Å². The second kappa shape index (κ2) is 7.26. The average Bonchev–Trinajstić information content (AvgIpc) is 2.29. The van der Waals surface area contributed by atoms with Gasteiger partial charge in [-0.1, -0.05) is 49.9 Å². The Hall–Kier alpha value is -1.11. The van der Waals surface area contributed by atoms with Gasteiger partial charge in [0.25, 0.3) is 0 Å². The molecule has 0 radical (unpaired) electrons. The van der Waals surface area contributed by atoms with E-state index in [1.165, 1.54) is 36.0 Å². The largest absolute Gasteiger partial charge is 0.299 e. The van der Waals surface area contributed by atoms with Crippen LogP contribution in [-0.2, 0) is 11.2 Å². The molecule has 0 saturated carbocycles. The average molecular weight is 232 g/mol. The molecule has 0 heterocycles. The summed E-state index contributed by atoms with van der Waals surface area (Å²) in [4.78, 5) is 11.8. The SMILES string of the molecule is CCCCCCC(=O)Cc1cc(C)ccc1C. The summed E-state index contributed by atoms with van der Waals surface area (Å²) in [5.74, 6) is 0.384. The van der Waals surface area contributed by atoms with Crippen LogP contribution < -0.4 is 0 Å². The topological polar surface area (TPSA) is 17.1 Å². The fourth-order valence-corrected chi connectivity index (χ4v) is 2.04. The Labute approximate surface area is 105 Å². The molecule has 1 nitrogen and oxygen atoms in total. The van der Waals surface area contributed by atoms with Crippen LogP contribution in [0, 0.1) is 13.8 Å². The maximum absolute atomic E-state index is 11.8. The molecule has 1 rings (SSSR count). The summed E-state index contributed by atoms with van der Waals surface area (Å²) >= 11 is 0. The molecule has 0 N–H and O–H groups in total. The van der Waals surface area contributed by atoms with Crippen LogP contribution in [0.15, 0.2) is 18.2 Å². The predicted octanol–water partition coefficient (Wildman–Crippen LogP) is 4.39. The van der Waals surface area contributed by atoms with E-state index in [9.17, 15) is 4.79 Å². The Bertz CT molecular complexity index is 366. The van der Waals surface area contributed by atoms with Gasteiger partial charge in [0.1, 0.15) is 5.78 Å². The Morgan fingerprint density at radius 1 is 1.12 bits per heavy atom. The molecule has 0 aromatic heterocycles. The maximum Gasteiger partial charge on any atom is 0.137 e. The third-order valence-electron chi connectivity index (χ3n) is 3.20. The first-order chi connectivity index (χ1) is 8.13. The van der Waals surface area contributed by atoms with Crippen LogP contribution in [0.3, 0.4) is 0 Å². The molecule has 1 aromatic rings. The van der Waals surface area contributed by atoms with Crippen LogP contribution >= 0.6 is 0 Å². The first-order valence-electron chi connectivity index (χ1n) is 6.71. The lowest BCUT2D eigenvalue weighted by molar-refractivity contribution is -0.118. The highest BCUT2D eigenvalue weighted by molar-refractivity contribution is 5.81. The number of aryl methyl sites for hydroxylation is 2. The first kappa shape index (κ1) is 14.0. The van der Waals surface area contributed by atoms with Crippen molar-refractivity contribution in [3.05, 3.63) is 34.9 Å². The normalized spacial score (nSPS) is 10.5. The van der Waals surface area contributed by atoms with Gasteiger partial charge in [0.15, 0.2) is 0 Å². The smallest absolute Gasteiger partial charge is 0.137 e. The highest BCUT2D eigenvalue weighted by atomic mass is 16.1. The van der Waals surface area contributed by atoms with Crippen LogP contribution in [0.4, 0.5) is 0 Å². The minimum absolute atomic E-state index is 0.384. The zero-order chi connectivity index (χ0) is 12.7. The van der Waals surface area contributed by atoms with Crippen molar-refractivity contribution >= 4 is 5.78 Å². The number of hydrogen-bond donors (Lipinski definition) is 0. The van der Waals surface area contributed by atoms with Gasteiger partial charge >= 0.3 is 0 Å². The van der Waals surface area contributed by atoms with Crippen molar-refractivity contribution in [2.45, 2.75) is 59.3 Å². The lowest BCUT2D eigenvalue weighted by Gasteiger charge is -2.06. The third kappa shape index (κ3) is 5.16. The summed E-state index contributed by atoms with van der Waals surface area (Å²) in [7, 11) is 0. The van der Waals surface area contributed by atoms with Gasteiger partial charge in [-0.05, 0) is 31.4 Å². The zero-order valence-corrected chi connectivity index (χ0v) is 11.4.